The van der Waals surface area contributed by atoms with Crippen LogP contribution in [0.15, 0.2) is 0 Å². The molecule has 2 aliphatic rings. The highest BCUT2D eigenvalue weighted by atomic mass is 16.1. The summed E-state index contributed by atoms with van der Waals surface area (Å²) in [4.78, 5) is 11.7. The molecule has 0 bridgehead atoms. The number of carbonyl (C=O) groups excluding carboxylic acids is 1. The van der Waals surface area contributed by atoms with E-state index in [0.29, 0.717) is 11.7 Å². The van der Waals surface area contributed by atoms with Gasteiger partial charge in [-0.05, 0) is 37.8 Å². The number of Topliss-reactive ketones (excluding diaryl/α,β-unsaturated/α-hetero) is 1. The molecule has 1 N–H and O–H groups in total. The molecule has 2 rings (SSSR count). The first-order valence-electron chi connectivity index (χ1n) is 6.07. The second kappa shape index (κ2) is 4.92. The monoisotopic (exact) mass is 195 g/mol. The summed E-state index contributed by atoms with van der Waals surface area (Å²) in [6, 6.07) is 0. The number of hydrogen-bond acceptors (Lipinski definition) is 2. The standard InChI is InChI=1S/C12H21NO/c14-12(8-10-2-1-3-10)9-11-4-6-13-7-5-11/h10-11,13H,1-9H2. The SMILES string of the molecule is O=C(CC1CCC1)CC1CCNCC1. The van der Waals surface area contributed by atoms with E-state index in [2.05, 4.69) is 5.32 Å². The first-order chi connectivity index (χ1) is 6.84. The lowest BCUT2D eigenvalue weighted by Gasteiger charge is -2.26. The van der Waals surface area contributed by atoms with Gasteiger partial charge in [0.25, 0.3) is 0 Å². The van der Waals surface area contributed by atoms with Crippen molar-refractivity contribution in [2.24, 2.45) is 11.8 Å². The van der Waals surface area contributed by atoms with E-state index in [0.717, 1.165) is 31.8 Å². The highest BCUT2D eigenvalue weighted by Crippen LogP contribution is 2.30. The smallest absolute Gasteiger partial charge is 0.133 e. The first-order valence-corrected chi connectivity index (χ1v) is 6.07. The Morgan fingerprint density at radius 3 is 2.07 bits per heavy atom. The van der Waals surface area contributed by atoms with Gasteiger partial charge in [-0.15, -0.1) is 0 Å². The second-order valence-electron chi connectivity index (χ2n) is 4.94. The Morgan fingerprint density at radius 1 is 1.00 bits per heavy atom. The van der Waals surface area contributed by atoms with Crippen LogP contribution in [-0.2, 0) is 4.79 Å². The highest BCUT2D eigenvalue weighted by molar-refractivity contribution is 5.79. The molecule has 0 aromatic rings. The Hall–Kier alpha value is -0.370. The third kappa shape index (κ3) is 2.81. The molecule has 0 atom stereocenters. The van der Waals surface area contributed by atoms with E-state index in [1.807, 2.05) is 0 Å². The lowest BCUT2D eigenvalue weighted by molar-refractivity contribution is -0.121. The minimum absolute atomic E-state index is 0.529. The Kier molecular flexibility index (Phi) is 3.57. The van der Waals surface area contributed by atoms with Crippen LogP contribution < -0.4 is 5.32 Å². The van der Waals surface area contributed by atoms with Crippen LogP contribution in [0.25, 0.3) is 0 Å². The summed E-state index contributed by atoms with van der Waals surface area (Å²) < 4.78 is 0. The van der Waals surface area contributed by atoms with E-state index in [1.54, 1.807) is 0 Å². The lowest BCUT2D eigenvalue weighted by Crippen LogP contribution is -2.29. The molecule has 0 aromatic heterocycles. The number of piperidine rings is 1. The number of carbonyl (C=O) groups is 1. The van der Waals surface area contributed by atoms with Gasteiger partial charge >= 0.3 is 0 Å². The van der Waals surface area contributed by atoms with Gasteiger partial charge in [-0.25, -0.2) is 0 Å². The molecule has 2 nitrogen and oxygen atoms in total. The van der Waals surface area contributed by atoms with Crippen LogP contribution in [0.2, 0.25) is 0 Å². The quantitative estimate of drug-likeness (QED) is 0.744. The van der Waals surface area contributed by atoms with E-state index in [4.69, 9.17) is 0 Å². The molecule has 1 heterocycles. The van der Waals surface area contributed by atoms with Gasteiger partial charge < -0.3 is 5.32 Å². The molecule has 1 aliphatic carbocycles. The second-order valence-corrected chi connectivity index (χ2v) is 4.94. The summed E-state index contributed by atoms with van der Waals surface area (Å²) in [6.07, 6.45) is 8.11. The van der Waals surface area contributed by atoms with Crippen LogP contribution in [-0.4, -0.2) is 18.9 Å². The lowest BCUT2D eigenvalue weighted by atomic mass is 9.80. The van der Waals surface area contributed by atoms with Crippen LogP contribution in [0, 0.1) is 11.8 Å². The van der Waals surface area contributed by atoms with E-state index in [-0.39, 0.29) is 0 Å². The van der Waals surface area contributed by atoms with E-state index in [9.17, 15) is 4.79 Å². The molecule has 0 radical (unpaired) electrons. The van der Waals surface area contributed by atoms with Gasteiger partial charge in [-0.1, -0.05) is 19.3 Å². The van der Waals surface area contributed by atoms with Crippen molar-refractivity contribution < 1.29 is 4.79 Å². The zero-order valence-corrected chi connectivity index (χ0v) is 8.93. The van der Waals surface area contributed by atoms with Crippen LogP contribution in [0.4, 0.5) is 0 Å². The average Bonchev–Trinajstić information content (AvgIpc) is 2.13. The average molecular weight is 195 g/mol. The largest absolute Gasteiger partial charge is 0.317 e. The Morgan fingerprint density at radius 2 is 1.57 bits per heavy atom. The maximum Gasteiger partial charge on any atom is 0.133 e. The minimum Gasteiger partial charge on any atom is -0.317 e. The number of nitrogens with one attached hydrogen (secondary N) is 1. The molecule has 0 spiro atoms. The minimum atomic E-state index is 0.529. The van der Waals surface area contributed by atoms with Gasteiger partial charge in [-0.3, -0.25) is 4.79 Å². The van der Waals surface area contributed by atoms with Crippen molar-refractivity contribution in [2.75, 3.05) is 13.1 Å². The van der Waals surface area contributed by atoms with E-state index >= 15 is 0 Å². The van der Waals surface area contributed by atoms with Gasteiger partial charge in [0.2, 0.25) is 0 Å². The van der Waals surface area contributed by atoms with Crippen LogP contribution in [0.3, 0.4) is 0 Å². The van der Waals surface area contributed by atoms with E-state index < -0.39 is 0 Å². The summed E-state index contributed by atoms with van der Waals surface area (Å²) in [6.45, 7) is 2.22. The summed E-state index contributed by atoms with van der Waals surface area (Å²) >= 11 is 0. The van der Waals surface area contributed by atoms with Crippen LogP contribution in [0.1, 0.15) is 44.9 Å². The van der Waals surface area contributed by atoms with Crippen molar-refractivity contribution in [2.45, 2.75) is 44.9 Å². The molecule has 80 valence electrons. The summed E-state index contributed by atoms with van der Waals surface area (Å²) in [5.74, 6) is 1.97. The van der Waals surface area contributed by atoms with Crippen molar-refractivity contribution in [1.82, 2.24) is 5.32 Å². The molecule has 1 saturated carbocycles. The zero-order chi connectivity index (χ0) is 9.80. The third-order valence-corrected chi connectivity index (χ3v) is 3.72. The molecule has 2 heteroatoms. The molecule has 14 heavy (non-hydrogen) atoms. The third-order valence-electron chi connectivity index (χ3n) is 3.72. The topological polar surface area (TPSA) is 29.1 Å². The Balaban J connectivity index is 1.64. The van der Waals surface area contributed by atoms with E-state index in [1.165, 1.54) is 32.1 Å². The summed E-state index contributed by atoms with van der Waals surface area (Å²) in [5.41, 5.74) is 0. The summed E-state index contributed by atoms with van der Waals surface area (Å²) in [5, 5.41) is 3.34. The van der Waals surface area contributed by atoms with Gasteiger partial charge in [0.15, 0.2) is 0 Å². The van der Waals surface area contributed by atoms with Crippen LogP contribution in [0.5, 0.6) is 0 Å². The predicted molar refractivity (Wildman–Crippen MR) is 57.2 cm³/mol. The fourth-order valence-corrected chi connectivity index (χ4v) is 2.51. The fraction of sp³-hybridized carbons (Fsp3) is 0.917. The van der Waals surface area contributed by atoms with Crippen molar-refractivity contribution in [3.05, 3.63) is 0 Å². The number of ketones is 1. The van der Waals surface area contributed by atoms with Gasteiger partial charge in [0, 0.05) is 12.8 Å². The predicted octanol–water partition coefficient (Wildman–Crippen LogP) is 2.14. The molecule has 0 aromatic carbocycles. The normalized spacial score (nSPS) is 24.6. The van der Waals surface area contributed by atoms with Gasteiger partial charge in [-0.2, -0.15) is 0 Å². The highest BCUT2D eigenvalue weighted by Gasteiger charge is 2.23. The molecule has 1 aliphatic heterocycles. The zero-order valence-electron chi connectivity index (χ0n) is 8.93. The van der Waals surface area contributed by atoms with Gasteiger partial charge in [0.05, 0.1) is 0 Å². The Bertz CT molecular complexity index is 192. The van der Waals surface area contributed by atoms with Crippen molar-refractivity contribution in [1.29, 1.82) is 0 Å². The molecule has 0 unspecified atom stereocenters. The maximum atomic E-state index is 11.7. The van der Waals surface area contributed by atoms with Crippen LogP contribution >= 0.6 is 0 Å². The van der Waals surface area contributed by atoms with Crippen molar-refractivity contribution >= 4 is 5.78 Å². The molecule has 2 fully saturated rings. The molecule has 1 saturated heterocycles. The van der Waals surface area contributed by atoms with Gasteiger partial charge in [0.1, 0.15) is 5.78 Å². The molecular formula is C12H21NO. The molecule has 0 amide bonds. The number of hydrogen-bond donors (Lipinski definition) is 1. The first kappa shape index (κ1) is 10.2. The number of rotatable bonds is 4. The maximum absolute atomic E-state index is 11.7. The van der Waals surface area contributed by atoms with Crippen molar-refractivity contribution in [3.63, 3.8) is 0 Å². The van der Waals surface area contributed by atoms with Crippen molar-refractivity contribution in [3.8, 4) is 0 Å². The summed E-state index contributed by atoms with van der Waals surface area (Å²) in [7, 11) is 0. The molecular weight excluding hydrogens is 174 g/mol. The fourth-order valence-electron chi connectivity index (χ4n) is 2.51. The Labute approximate surface area is 86.5 Å².